The summed E-state index contributed by atoms with van der Waals surface area (Å²) in [5.74, 6) is 1.07. The van der Waals surface area contributed by atoms with Crippen LogP contribution < -0.4 is 40.8 Å². The van der Waals surface area contributed by atoms with Gasteiger partial charge in [-0.25, -0.2) is 0 Å². The zero-order valence-electron chi connectivity index (χ0n) is 26.8. The normalized spacial score (nSPS) is 10.6. The van der Waals surface area contributed by atoms with Gasteiger partial charge in [-0.2, -0.15) is 0 Å². The summed E-state index contributed by atoms with van der Waals surface area (Å²) < 4.78 is 0. The molecule has 0 spiro atoms. The zero-order chi connectivity index (χ0) is 33.5. The van der Waals surface area contributed by atoms with E-state index in [9.17, 15) is 0 Å². The Hall–Kier alpha value is -0.575. The molecular formula is C33H42Cl4N4P2Pd2. The van der Waals surface area contributed by atoms with Gasteiger partial charge in [-0.15, -0.1) is 0 Å². The number of hydrogen-bond acceptors (Lipinski definition) is 4. The summed E-state index contributed by atoms with van der Waals surface area (Å²) in [5.41, 5.74) is 5.20. The van der Waals surface area contributed by atoms with Crippen LogP contribution in [0.15, 0.2) is 97.1 Å². The summed E-state index contributed by atoms with van der Waals surface area (Å²) in [5, 5.41) is 5.74. The topological polar surface area (TPSA) is 13.0 Å². The van der Waals surface area contributed by atoms with Gasteiger partial charge in [0.15, 0.2) is 0 Å². The van der Waals surface area contributed by atoms with E-state index < -0.39 is 15.8 Å². The molecule has 45 heavy (non-hydrogen) atoms. The molecule has 4 aromatic rings. The summed E-state index contributed by atoms with van der Waals surface area (Å²) in [6, 6.07) is 36.0. The van der Waals surface area contributed by atoms with Gasteiger partial charge in [0, 0.05) is 106 Å². The first-order valence-electron chi connectivity index (χ1n) is 13.8. The number of nitrogens with zero attached hydrogens (tertiary/aromatic N) is 4. The molecule has 0 aromatic heterocycles. The Labute approximate surface area is 306 Å². The second-order valence-electron chi connectivity index (χ2n) is 10.6. The van der Waals surface area contributed by atoms with Crippen molar-refractivity contribution in [1.82, 2.24) is 0 Å². The maximum atomic E-state index is 4.81. The van der Waals surface area contributed by atoms with E-state index in [0.717, 1.165) is 5.90 Å². The van der Waals surface area contributed by atoms with E-state index >= 15 is 0 Å². The summed E-state index contributed by atoms with van der Waals surface area (Å²) in [4.78, 5) is 9.08. The Morgan fingerprint density at radius 2 is 0.578 bits per heavy atom. The van der Waals surface area contributed by atoms with Crippen molar-refractivity contribution >= 4 is 97.9 Å². The summed E-state index contributed by atoms with van der Waals surface area (Å²) in [7, 11) is 35.2. The van der Waals surface area contributed by atoms with Crippen LogP contribution in [0.25, 0.3) is 0 Å². The first-order chi connectivity index (χ1) is 21.5. The molecule has 4 aromatic carbocycles. The van der Waals surface area contributed by atoms with E-state index in [4.69, 9.17) is 38.1 Å². The third-order valence-corrected chi connectivity index (χ3v) is 13.0. The molecule has 12 heteroatoms. The van der Waals surface area contributed by atoms with Gasteiger partial charge in [-0.3, -0.25) is 0 Å². The van der Waals surface area contributed by atoms with Crippen LogP contribution in [-0.2, 0) is 31.9 Å². The molecule has 252 valence electrons. The zero-order valence-corrected chi connectivity index (χ0v) is 34.7. The Bertz CT molecular complexity index is 1240. The molecule has 0 aliphatic carbocycles. The average Bonchev–Trinajstić information content (AvgIpc) is 3.02. The molecule has 0 aliphatic heterocycles. The van der Waals surface area contributed by atoms with Crippen LogP contribution in [0.2, 0.25) is 0 Å². The first kappa shape index (κ1) is 40.6. The third-order valence-electron chi connectivity index (χ3n) is 6.90. The van der Waals surface area contributed by atoms with Crippen LogP contribution in [0, 0.1) is 0 Å². The molecule has 0 saturated heterocycles. The Kier molecular flexibility index (Phi) is 19.3. The molecule has 4 nitrogen and oxygen atoms in total. The van der Waals surface area contributed by atoms with Crippen LogP contribution in [0.3, 0.4) is 0 Å². The minimum absolute atomic E-state index is 0.106. The van der Waals surface area contributed by atoms with Crippen molar-refractivity contribution in [3.8, 4) is 0 Å². The van der Waals surface area contributed by atoms with Crippen LogP contribution in [-0.4, -0.2) is 62.3 Å². The van der Waals surface area contributed by atoms with Crippen molar-refractivity contribution in [2.45, 2.75) is 0 Å². The van der Waals surface area contributed by atoms with Gasteiger partial charge < -0.3 is 19.6 Å². The number of rotatable bonds is 10. The number of halogens is 4. The van der Waals surface area contributed by atoms with Crippen LogP contribution in [0.4, 0.5) is 22.7 Å². The number of para-hydroxylation sites is 4. The molecule has 0 bridgehead atoms. The molecule has 0 fully saturated rings. The van der Waals surface area contributed by atoms with Gasteiger partial charge in [-0.05, 0) is 40.1 Å². The summed E-state index contributed by atoms with van der Waals surface area (Å²) in [6.07, 6.45) is 0. The van der Waals surface area contributed by atoms with Gasteiger partial charge in [0.05, 0.1) is 0 Å². The summed E-state index contributed by atoms with van der Waals surface area (Å²) >= 11 is -0.211. The van der Waals surface area contributed by atoms with Gasteiger partial charge in [0.2, 0.25) is 0 Å². The van der Waals surface area contributed by atoms with Gasteiger partial charge in [0.25, 0.3) is 0 Å². The van der Waals surface area contributed by atoms with Crippen molar-refractivity contribution in [2.24, 2.45) is 0 Å². The second-order valence-corrected chi connectivity index (χ2v) is 20.1. The van der Waals surface area contributed by atoms with Crippen LogP contribution in [0.1, 0.15) is 0 Å². The van der Waals surface area contributed by atoms with Crippen LogP contribution >= 0.6 is 54.0 Å². The molecule has 4 rings (SSSR count). The predicted octanol–water partition coefficient (Wildman–Crippen LogP) is 8.23. The monoisotopic (exact) mass is 908 g/mol. The van der Waals surface area contributed by atoms with Gasteiger partial charge in [0.1, 0.15) is 0 Å². The van der Waals surface area contributed by atoms with Crippen molar-refractivity contribution < 1.29 is 31.9 Å². The van der Waals surface area contributed by atoms with Gasteiger partial charge >= 0.3 is 70.0 Å². The first-order valence-corrected chi connectivity index (χ1v) is 24.8. The molecule has 0 atom stereocenters. The Morgan fingerprint density at radius 3 is 0.756 bits per heavy atom. The SMILES string of the molecule is CN(C)c1ccccc1P(CP(c1ccccc1N(C)C)c1ccccc1N(C)C)c1ccccc1N(C)C.[Cl][Pd][Cl].[Cl][Pd][Cl]. The predicted molar refractivity (Wildman–Crippen MR) is 204 cm³/mol. The quantitative estimate of drug-likeness (QED) is 0.118. The molecule has 0 radical (unpaired) electrons. The van der Waals surface area contributed by atoms with Crippen LogP contribution in [0.5, 0.6) is 0 Å². The molecule has 0 unspecified atom stereocenters. The fourth-order valence-electron chi connectivity index (χ4n) is 4.99. The number of anilines is 4. The second kappa shape index (κ2) is 21.4. The van der Waals surface area contributed by atoms with E-state index in [0.29, 0.717) is 0 Å². The number of hydrogen-bond donors (Lipinski definition) is 0. The fourth-order valence-corrected chi connectivity index (χ4v) is 12.3. The van der Waals surface area contributed by atoms with E-state index in [-0.39, 0.29) is 31.9 Å². The Balaban J connectivity index is 0.00000109. The fraction of sp³-hybridized carbons (Fsp3) is 0.273. The maximum absolute atomic E-state index is 4.81. The van der Waals surface area contributed by atoms with E-state index in [1.54, 1.807) is 0 Å². The van der Waals surface area contributed by atoms with Crippen molar-refractivity contribution in [3.63, 3.8) is 0 Å². The summed E-state index contributed by atoms with van der Waals surface area (Å²) in [6.45, 7) is 0. The molecular weight excluding hydrogens is 869 g/mol. The van der Waals surface area contributed by atoms with Crippen molar-refractivity contribution in [3.05, 3.63) is 97.1 Å². The van der Waals surface area contributed by atoms with Crippen molar-refractivity contribution in [1.29, 1.82) is 0 Å². The standard InChI is InChI=1S/C33H42N4P2.4ClH.2Pd/c1-34(2)26-17-9-13-21-30(26)38(31-22-14-10-18-27(31)35(3)4)25-39(32-23-15-11-19-28(32)36(5)6)33-24-16-12-20-29(33)37(7)8;;;;;;/h9-24H,25H2,1-8H3;4*1H;;/q;;;;;2*+2/p-4. The number of benzene rings is 4. The van der Waals surface area contributed by atoms with E-state index in [1.165, 1.54) is 44.0 Å². The van der Waals surface area contributed by atoms with E-state index in [2.05, 4.69) is 173 Å². The molecule has 0 amide bonds. The van der Waals surface area contributed by atoms with Crippen molar-refractivity contribution in [2.75, 3.05) is 81.9 Å². The van der Waals surface area contributed by atoms with Gasteiger partial charge in [-0.1, -0.05) is 72.8 Å². The molecule has 0 N–H and O–H groups in total. The molecule has 0 heterocycles. The third kappa shape index (κ3) is 11.8. The molecule has 0 saturated carbocycles. The minimum atomic E-state index is -0.699. The Morgan fingerprint density at radius 1 is 0.400 bits per heavy atom. The van der Waals surface area contributed by atoms with E-state index in [1.807, 2.05) is 0 Å². The average molecular weight is 911 g/mol. The molecule has 0 aliphatic rings.